The Labute approximate surface area is 413 Å². The number of rotatable bonds is 12. The highest BCUT2D eigenvalue weighted by atomic mass is 16.7. The van der Waals surface area contributed by atoms with Gasteiger partial charge in [-0.05, 0) is 27.7 Å². The molecule has 0 amide bonds. The quantitative estimate of drug-likeness (QED) is 0.130. The smallest absolute Gasteiger partial charge is 0.331 e. The fourth-order valence-electron chi connectivity index (χ4n) is 10.6. The molecule has 26 atom stereocenters. The zero-order valence-corrected chi connectivity index (χ0v) is 43.0. The van der Waals surface area contributed by atoms with Crippen LogP contribution in [-0.2, 0) is 47.5 Å². The predicted molar refractivity (Wildman–Crippen MR) is 254 cm³/mol. The number of hydrogen-bond donors (Lipinski definition) is 8. The number of esters is 2. The lowest BCUT2D eigenvalue weighted by atomic mass is 9.76. The van der Waals surface area contributed by atoms with Crippen LogP contribution in [0.4, 0.5) is 0 Å². The van der Waals surface area contributed by atoms with E-state index in [-0.39, 0.29) is 37.5 Å². The molecule has 0 saturated carbocycles. The van der Waals surface area contributed by atoms with Gasteiger partial charge in [-0.1, -0.05) is 91.8 Å². The maximum absolute atomic E-state index is 13.5. The molecule has 5 aliphatic heterocycles. The molecule has 400 valence electrons. The van der Waals surface area contributed by atoms with Gasteiger partial charge in [0.05, 0.1) is 61.0 Å². The van der Waals surface area contributed by atoms with E-state index in [4.69, 9.17) is 37.9 Å². The molecule has 4 fully saturated rings. The predicted octanol–water partition coefficient (Wildman–Crippen LogP) is 3.34. The van der Waals surface area contributed by atoms with Crippen LogP contribution in [0.25, 0.3) is 0 Å². The first-order valence-corrected chi connectivity index (χ1v) is 25.3. The van der Waals surface area contributed by atoms with E-state index >= 15 is 0 Å². The summed E-state index contributed by atoms with van der Waals surface area (Å²) in [4.78, 5) is 26.9. The van der Waals surface area contributed by atoms with Crippen LogP contribution >= 0.6 is 0 Å². The van der Waals surface area contributed by atoms with E-state index in [1.165, 1.54) is 24.3 Å². The normalized spacial score (nSPS) is 47.0. The largest absolute Gasteiger partial charge is 0.458 e. The minimum atomic E-state index is -1.88. The van der Waals surface area contributed by atoms with E-state index < -0.39 is 157 Å². The third kappa shape index (κ3) is 13.9. The third-order valence-corrected chi connectivity index (χ3v) is 16.0. The van der Waals surface area contributed by atoms with Gasteiger partial charge in [0.25, 0.3) is 0 Å². The van der Waals surface area contributed by atoms with Crippen molar-refractivity contribution in [2.45, 2.75) is 218 Å². The van der Waals surface area contributed by atoms with Gasteiger partial charge >= 0.3 is 11.9 Å². The first-order valence-electron chi connectivity index (χ1n) is 25.3. The number of aliphatic hydroxyl groups is 8. The van der Waals surface area contributed by atoms with Gasteiger partial charge < -0.3 is 78.7 Å². The molecule has 0 bridgehead atoms. The van der Waals surface area contributed by atoms with Gasteiger partial charge in [-0.15, -0.1) is 0 Å². The topological polar surface area (TPSA) is 270 Å². The Bertz CT molecular complexity index is 1670. The number of cyclic esters (lactones) is 2. The SMILES string of the molecule is C[C@@H]1[C@@H](C)O[C@@](O)([C@@H](C)[C@H](O)[C@H](C)[C@H]2OC(=O)/C=C/C=C/[C@H](C)[C@@H]([C@@H](C)[C@@H](O)[C@H](C)[C@@]3(O)C[C@@H](O[C@H]4C[C@H](O)[C@H](O)[C@H](C)O4)[C@H](C)[C@@H](C)O3)OC(=O)/C=C/C=C/[C@@H]2C)C[C@H]1O[C@@H]1C[C@H](O)[C@H](O)[C@H](C)O1. The van der Waals surface area contributed by atoms with Gasteiger partial charge in [0.15, 0.2) is 24.2 Å². The van der Waals surface area contributed by atoms with Crippen LogP contribution in [0.2, 0.25) is 0 Å². The van der Waals surface area contributed by atoms with Crippen LogP contribution in [0.3, 0.4) is 0 Å². The van der Waals surface area contributed by atoms with Crippen LogP contribution in [0, 0.1) is 47.3 Å². The molecule has 70 heavy (non-hydrogen) atoms. The van der Waals surface area contributed by atoms with Crippen molar-refractivity contribution in [3.63, 3.8) is 0 Å². The van der Waals surface area contributed by atoms with E-state index in [9.17, 15) is 50.4 Å². The van der Waals surface area contributed by atoms with Crippen LogP contribution < -0.4 is 0 Å². The van der Waals surface area contributed by atoms with Crippen molar-refractivity contribution in [1.29, 1.82) is 0 Å². The molecule has 0 aromatic rings. The molecule has 0 radical (unpaired) electrons. The Balaban J connectivity index is 1.27. The second kappa shape index (κ2) is 24.6. The summed E-state index contributed by atoms with van der Waals surface area (Å²) in [5.74, 6) is -9.94. The van der Waals surface area contributed by atoms with E-state index in [1.807, 2.05) is 13.8 Å². The van der Waals surface area contributed by atoms with Crippen molar-refractivity contribution in [2.24, 2.45) is 47.3 Å². The summed E-state index contributed by atoms with van der Waals surface area (Å²) in [6.07, 6.45) is -1.75. The monoisotopic (exact) mass is 997 g/mol. The number of allylic oxidation sites excluding steroid dienone is 4. The fraction of sp³-hybridized carbons (Fsp3) is 0.808. The summed E-state index contributed by atoms with van der Waals surface area (Å²) in [6, 6.07) is 0. The molecule has 18 heteroatoms. The molecule has 8 N–H and O–H groups in total. The third-order valence-electron chi connectivity index (χ3n) is 16.0. The first-order chi connectivity index (χ1) is 32.7. The summed E-state index contributed by atoms with van der Waals surface area (Å²) >= 11 is 0. The lowest BCUT2D eigenvalue weighted by Crippen LogP contribution is -2.59. The van der Waals surface area contributed by atoms with Gasteiger partial charge in [-0.3, -0.25) is 0 Å². The highest BCUT2D eigenvalue weighted by molar-refractivity contribution is 5.83. The van der Waals surface area contributed by atoms with Crippen molar-refractivity contribution >= 4 is 11.9 Å². The van der Waals surface area contributed by atoms with Crippen molar-refractivity contribution < 1.29 is 88.3 Å². The van der Waals surface area contributed by atoms with Gasteiger partial charge in [0.1, 0.15) is 24.4 Å². The summed E-state index contributed by atoms with van der Waals surface area (Å²) < 4.78 is 48.6. The Hall–Kier alpha value is -2.66. The Kier molecular flexibility index (Phi) is 20.4. The summed E-state index contributed by atoms with van der Waals surface area (Å²) in [5, 5.41) is 89.0. The summed E-state index contributed by atoms with van der Waals surface area (Å²) in [6.45, 7) is 21.0. The average molecular weight is 997 g/mol. The molecule has 5 heterocycles. The maximum Gasteiger partial charge on any atom is 0.331 e. The molecular weight excluding hydrogens is 913 g/mol. The molecule has 0 aliphatic carbocycles. The van der Waals surface area contributed by atoms with Crippen molar-refractivity contribution in [3.05, 3.63) is 48.6 Å². The molecule has 4 saturated heterocycles. The molecule has 18 nitrogen and oxygen atoms in total. The molecule has 0 unspecified atom stereocenters. The molecule has 0 aromatic carbocycles. The number of carbonyl (C=O) groups is 2. The Morgan fingerprint density at radius 2 is 0.900 bits per heavy atom. The Morgan fingerprint density at radius 3 is 1.23 bits per heavy atom. The standard InChI is InChI=1S/C52H84O18/c1-25-17-13-15-19-42(56)68-50(30(6)46(58)32(8)52(62)24-40(28(4)34(10)70-52)66-44-22-38(54)48(60)36(12)64-44)26(2)18-14-16-20-41(55)67-49(25)29(5)45(57)31(7)51(61)23-39(27(3)33(9)69-51)65-43-21-37(53)47(59)35(11)63-43/h13-20,25-40,43-50,53-54,57-62H,21-24H2,1-12H3/b17-13+,18-14+,19-15+,20-16+/t25-,26-,27+,28+,29-,30-,31-,32-,33+,34+,35-,36-,37-,38-,39+,40+,43-,44+,45+,46+,47+,48+,49-,50-,51+,52+/m0/s1. The molecule has 5 aliphatic rings. The van der Waals surface area contributed by atoms with Crippen LogP contribution in [0.1, 0.15) is 109 Å². The van der Waals surface area contributed by atoms with E-state index in [0.717, 1.165) is 0 Å². The van der Waals surface area contributed by atoms with Gasteiger partial charge in [0.2, 0.25) is 0 Å². The highest BCUT2D eigenvalue weighted by Gasteiger charge is 2.53. The minimum absolute atomic E-state index is 0.0377. The van der Waals surface area contributed by atoms with Crippen molar-refractivity contribution in [3.8, 4) is 0 Å². The zero-order valence-electron chi connectivity index (χ0n) is 43.0. The van der Waals surface area contributed by atoms with Gasteiger partial charge in [-0.2, -0.15) is 0 Å². The number of hydrogen-bond acceptors (Lipinski definition) is 18. The first kappa shape index (κ1) is 58.2. The fourth-order valence-corrected chi connectivity index (χ4v) is 10.6. The molecule has 0 spiro atoms. The molecule has 0 aromatic heterocycles. The van der Waals surface area contributed by atoms with E-state index in [2.05, 4.69) is 0 Å². The van der Waals surface area contributed by atoms with Crippen LogP contribution in [-0.4, -0.2) is 162 Å². The van der Waals surface area contributed by atoms with E-state index in [1.54, 1.807) is 93.5 Å². The molecular formula is C52H84O18. The minimum Gasteiger partial charge on any atom is -0.458 e. The van der Waals surface area contributed by atoms with Crippen molar-refractivity contribution in [1.82, 2.24) is 0 Å². The summed E-state index contributed by atoms with van der Waals surface area (Å²) in [5.41, 5.74) is 0. The van der Waals surface area contributed by atoms with Crippen LogP contribution in [0.5, 0.6) is 0 Å². The second-order valence-electron chi connectivity index (χ2n) is 21.2. The van der Waals surface area contributed by atoms with E-state index in [0.29, 0.717) is 0 Å². The van der Waals surface area contributed by atoms with Gasteiger partial charge in [0, 0.05) is 85.2 Å². The number of ether oxygens (including phenoxy) is 8. The lowest BCUT2D eigenvalue weighted by molar-refractivity contribution is -0.343. The Morgan fingerprint density at radius 1 is 0.557 bits per heavy atom. The van der Waals surface area contributed by atoms with Crippen molar-refractivity contribution in [2.75, 3.05) is 0 Å². The number of aliphatic hydroxyl groups excluding tert-OH is 6. The lowest BCUT2D eigenvalue weighted by Gasteiger charge is -2.49. The second-order valence-corrected chi connectivity index (χ2v) is 21.2. The maximum atomic E-state index is 13.5. The number of carbonyl (C=O) groups excluding carboxylic acids is 2. The van der Waals surface area contributed by atoms with Gasteiger partial charge in [-0.25, -0.2) is 9.59 Å². The zero-order chi connectivity index (χ0) is 52.2. The summed E-state index contributed by atoms with van der Waals surface area (Å²) in [7, 11) is 0. The molecule has 5 rings (SSSR count). The van der Waals surface area contributed by atoms with Crippen LogP contribution in [0.15, 0.2) is 48.6 Å². The highest BCUT2D eigenvalue weighted by Crippen LogP contribution is 2.44. The average Bonchev–Trinajstić information content (AvgIpc) is 3.29.